The van der Waals surface area contributed by atoms with Crippen molar-refractivity contribution in [2.75, 3.05) is 13.1 Å². The Kier molecular flexibility index (Phi) is 4.82. The largest absolute Gasteiger partial charge is 0.368 e. The van der Waals surface area contributed by atoms with E-state index in [1.165, 1.54) is 17.7 Å². The van der Waals surface area contributed by atoms with Crippen molar-refractivity contribution in [1.29, 1.82) is 0 Å². The normalized spacial score (nSPS) is 21.0. The lowest BCUT2D eigenvalue weighted by Gasteiger charge is -2.36. The minimum Gasteiger partial charge on any atom is -0.368 e. The van der Waals surface area contributed by atoms with E-state index in [0.29, 0.717) is 0 Å². The van der Waals surface area contributed by atoms with Gasteiger partial charge in [-0.2, -0.15) is 5.10 Å². The van der Waals surface area contributed by atoms with Crippen LogP contribution in [0.5, 0.6) is 0 Å². The third-order valence-corrected chi connectivity index (χ3v) is 4.61. The van der Waals surface area contributed by atoms with Crippen LogP contribution in [0.25, 0.3) is 5.69 Å². The van der Waals surface area contributed by atoms with Crippen LogP contribution < -0.4 is 0 Å². The van der Waals surface area contributed by atoms with Crippen molar-refractivity contribution in [1.82, 2.24) is 14.7 Å². The summed E-state index contributed by atoms with van der Waals surface area (Å²) < 4.78 is 21.3. The molecule has 1 fully saturated rings. The molecule has 0 spiro atoms. The van der Waals surface area contributed by atoms with Crippen LogP contribution in [-0.4, -0.2) is 33.9 Å². The van der Waals surface area contributed by atoms with Crippen LogP contribution in [0.15, 0.2) is 66.9 Å². The Morgan fingerprint density at radius 1 is 1.08 bits per heavy atom. The molecule has 0 unspecified atom stereocenters. The molecule has 0 saturated carbocycles. The van der Waals surface area contributed by atoms with Gasteiger partial charge in [0.1, 0.15) is 5.82 Å². The molecule has 26 heavy (non-hydrogen) atoms. The maximum absolute atomic E-state index is 13.4. The first-order chi connectivity index (χ1) is 12.7. The Morgan fingerprint density at radius 2 is 1.92 bits per heavy atom. The number of morpholine rings is 1. The first-order valence-corrected chi connectivity index (χ1v) is 8.90. The van der Waals surface area contributed by atoms with Gasteiger partial charge in [0.25, 0.3) is 0 Å². The minimum atomic E-state index is -0.257. The molecular weight excluding hydrogens is 329 g/mol. The Hall–Kier alpha value is -2.50. The summed E-state index contributed by atoms with van der Waals surface area (Å²) in [5, 5.41) is 4.61. The maximum atomic E-state index is 13.4. The second kappa shape index (κ2) is 7.40. The average molecular weight is 351 g/mol. The first kappa shape index (κ1) is 16.9. The Labute approximate surface area is 152 Å². The van der Waals surface area contributed by atoms with Crippen LogP contribution in [0.4, 0.5) is 4.39 Å². The van der Waals surface area contributed by atoms with Crippen molar-refractivity contribution in [3.05, 3.63) is 83.9 Å². The highest BCUT2D eigenvalue weighted by atomic mass is 19.1. The molecule has 134 valence electrons. The van der Waals surface area contributed by atoms with E-state index in [1.54, 1.807) is 10.7 Å². The number of hydrogen-bond donors (Lipinski definition) is 0. The van der Waals surface area contributed by atoms with E-state index in [-0.39, 0.29) is 18.0 Å². The van der Waals surface area contributed by atoms with E-state index in [9.17, 15) is 4.39 Å². The van der Waals surface area contributed by atoms with Gasteiger partial charge in [-0.3, -0.25) is 4.90 Å². The number of halogens is 1. The zero-order chi connectivity index (χ0) is 17.9. The monoisotopic (exact) mass is 351 g/mol. The number of benzene rings is 2. The summed E-state index contributed by atoms with van der Waals surface area (Å²) in [4.78, 5) is 2.37. The third kappa shape index (κ3) is 3.84. The lowest BCUT2D eigenvalue weighted by atomic mass is 10.1. The smallest absolute Gasteiger partial charge is 0.125 e. The molecule has 4 nitrogen and oxygen atoms in total. The van der Waals surface area contributed by atoms with Gasteiger partial charge in [0, 0.05) is 25.8 Å². The summed E-state index contributed by atoms with van der Waals surface area (Å²) in [7, 11) is 0. The lowest BCUT2D eigenvalue weighted by molar-refractivity contribution is -0.0816. The molecule has 2 atom stereocenters. The summed E-state index contributed by atoms with van der Waals surface area (Å²) in [6, 6.07) is 18.8. The van der Waals surface area contributed by atoms with Gasteiger partial charge < -0.3 is 4.74 Å². The fraction of sp³-hybridized carbons (Fsp3) is 0.286. The lowest BCUT2D eigenvalue weighted by Crippen LogP contribution is -2.42. The topological polar surface area (TPSA) is 30.3 Å². The van der Waals surface area contributed by atoms with Crippen LogP contribution >= 0.6 is 0 Å². The number of aromatic nitrogens is 2. The number of nitrogens with zero attached hydrogens (tertiary/aromatic N) is 3. The van der Waals surface area contributed by atoms with Crippen molar-refractivity contribution < 1.29 is 9.13 Å². The molecule has 3 aromatic rings. The SMILES string of the molecule is C[C@@H]1CN(Cc2ccn(-c3cccc(F)c3)n2)C[C@@H](c2ccccc2)O1. The highest BCUT2D eigenvalue weighted by molar-refractivity contribution is 5.31. The van der Waals surface area contributed by atoms with Crippen LogP contribution in [0.3, 0.4) is 0 Å². The van der Waals surface area contributed by atoms with Crippen molar-refractivity contribution in [2.45, 2.75) is 25.7 Å². The molecule has 2 aromatic carbocycles. The number of rotatable bonds is 4. The van der Waals surface area contributed by atoms with E-state index >= 15 is 0 Å². The quantitative estimate of drug-likeness (QED) is 0.712. The van der Waals surface area contributed by atoms with Gasteiger partial charge in [0.2, 0.25) is 0 Å². The molecule has 1 aromatic heterocycles. The highest BCUT2D eigenvalue weighted by Crippen LogP contribution is 2.26. The summed E-state index contributed by atoms with van der Waals surface area (Å²) in [5.41, 5.74) is 2.90. The zero-order valence-electron chi connectivity index (χ0n) is 14.8. The molecule has 1 aliphatic rings. The summed E-state index contributed by atoms with van der Waals surface area (Å²) in [5.74, 6) is -0.257. The second-order valence-electron chi connectivity index (χ2n) is 6.77. The fourth-order valence-electron chi connectivity index (χ4n) is 3.46. The maximum Gasteiger partial charge on any atom is 0.125 e. The predicted octanol–water partition coefficient (Wildman–Crippen LogP) is 3.97. The Balaban J connectivity index is 1.47. The van der Waals surface area contributed by atoms with Crippen molar-refractivity contribution >= 4 is 0 Å². The van der Waals surface area contributed by atoms with E-state index in [0.717, 1.165) is 31.0 Å². The van der Waals surface area contributed by atoms with E-state index in [2.05, 4.69) is 29.1 Å². The molecule has 0 aliphatic carbocycles. The van der Waals surface area contributed by atoms with Gasteiger partial charge >= 0.3 is 0 Å². The molecule has 0 N–H and O–H groups in total. The first-order valence-electron chi connectivity index (χ1n) is 8.90. The Bertz CT molecular complexity index is 864. The molecule has 2 heterocycles. The molecule has 1 saturated heterocycles. The molecule has 5 heteroatoms. The molecular formula is C21H22FN3O. The number of ether oxygens (including phenoxy) is 1. The molecule has 1 aliphatic heterocycles. The fourth-order valence-corrected chi connectivity index (χ4v) is 3.46. The van der Waals surface area contributed by atoms with Gasteiger partial charge in [-0.1, -0.05) is 36.4 Å². The van der Waals surface area contributed by atoms with Crippen LogP contribution in [-0.2, 0) is 11.3 Å². The standard InChI is InChI=1S/C21H22FN3O/c1-16-13-24(15-21(26-16)17-6-3-2-4-7-17)14-19-10-11-25(23-19)20-9-5-8-18(22)12-20/h2-12,16,21H,13-15H2,1H3/t16-,21+/m1/s1. The Morgan fingerprint density at radius 3 is 2.73 bits per heavy atom. The van der Waals surface area contributed by atoms with Gasteiger partial charge in [0.15, 0.2) is 0 Å². The molecule has 0 radical (unpaired) electrons. The van der Waals surface area contributed by atoms with Gasteiger partial charge in [0.05, 0.1) is 23.6 Å². The third-order valence-electron chi connectivity index (χ3n) is 4.61. The highest BCUT2D eigenvalue weighted by Gasteiger charge is 2.26. The van der Waals surface area contributed by atoms with Crippen LogP contribution in [0.2, 0.25) is 0 Å². The van der Waals surface area contributed by atoms with Crippen molar-refractivity contribution in [2.24, 2.45) is 0 Å². The predicted molar refractivity (Wildman–Crippen MR) is 98.5 cm³/mol. The van der Waals surface area contributed by atoms with Crippen molar-refractivity contribution in [3.63, 3.8) is 0 Å². The summed E-state index contributed by atoms with van der Waals surface area (Å²) in [6.45, 7) is 4.56. The minimum absolute atomic E-state index is 0.0743. The number of hydrogen-bond acceptors (Lipinski definition) is 3. The van der Waals surface area contributed by atoms with Gasteiger partial charge in [-0.15, -0.1) is 0 Å². The van der Waals surface area contributed by atoms with E-state index < -0.39 is 0 Å². The van der Waals surface area contributed by atoms with Crippen molar-refractivity contribution in [3.8, 4) is 5.69 Å². The zero-order valence-corrected chi connectivity index (χ0v) is 14.8. The molecule has 0 amide bonds. The summed E-state index contributed by atoms with van der Waals surface area (Å²) in [6.07, 6.45) is 2.12. The van der Waals surface area contributed by atoms with Crippen LogP contribution in [0, 0.1) is 5.82 Å². The molecule has 4 rings (SSSR count). The average Bonchev–Trinajstić information content (AvgIpc) is 3.10. The van der Waals surface area contributed by atoms with Gasteiger partial charge in [-0.25, -0.2) is 9.07 Å². The summed E-state index contributed by atoms with van der Waals surface area (Å²) >= 11 is 0. The second-order valence-corrected chi connectivity index (χ2v) is 6.77. The van der Waals surface area contributed by atoms with E-state index in [4.69, 9.17) is 4.74 Å². The molecule has 0 bridgehead atoms. The van der Waals surface area contributed by atoms with E-state index in [1.807, 2.05) is 36.5 Å². The van der Waals surface area contributed by atoms with Crippen LogP contribution in [0.1, 0.15) is 24.3 Å². The van der Waals surface area contributed by atoms with Gasteiger partial charge in [-0.05, 0) is 36.8 Å².